The topological polar surface area (TPSA) is 58.3 Å². The summed E-state index contributed by atoms with van der Waals surface area (Å²) in [4.78, 5) is 18.6. The van der Waals surface area contributed by atoms with Crippen molar-refractivity contribution in [3.8, 4) is 11.3 Å². The summed E-state index contributed by atoms with van der Waals surface area (Å²) in [7, 11) is 0. The number of nitrogens with zero attached hydrogens (tertiary/aromatic N) is 5. The van der Waals surface area contributed by atoms with Crippen LogP contribution >= 0.6 is 0 Å². The van der Waals surface area contributed by atoms with Gasteiger partial charge in [0.05, 0.1) is 23.8 Å². The molecule has 2 aliphatic heterocycles. The zero-order chi connectivity index (χ0) is 18.2. The van der Waals surface area contributed by atoms with Gasteiger partial charge >= 0.3 is 0 Å². The van der Waals surface area contributed by atoms with Crippen LogP contribution in [0.3, 0.4) is 0 Å². The lowest BCUT2D eigenvalue weighted by atomic mass is 10.0. The summed E-state index contributed by atoms with van der Waals surface area (Å²) in [6.45, 7) is 7.11. The van der Waals surface area contributed by atoms with E-state index >= 15 is 0 Å². The van der Waals surface area contributed by atoms with Crippen molar-refractivity contribution in [2.24, 2.45) is 11.8 Å². The number of fused-ring (bicyclic) bond motifs is 1. The molecule has 1 aromatic carbocycles. The van der Waals surface area contributed by atoms with Gasteiger partial charge in [0.15, 0.2) is 5.89 Å². The van der Waals surface area contributed by atoms with Crippen LogP contribution in [0.4, 0.5) is 5.82 Å². The van der Waals surface area contributed by atoms with E-state index in [2.05, 4.69) is 36.9 Å². The summed E-state index contributed by atoms with van der Waals surface area (Å²) < 4.78 is 5.32. The van der Waals surface area contributed by atoms with E-state index in [4.69, 9.17) is 4.42 Å². The summed E-state index contributed by atoms with van der Waals surface area (Å²) >= 11 is 0. The molecular weight excluding hydrogens is 338 g/mol. The second-order valence-corrected chi connectivity index (χ2v) is 7.60. The fourth-order valence-corrected chi connectivity index (χ4v) is 4.36. The van der Waals surface area contributed by atoms with E-state index in [0.29, 0.717) is 11.8 Å². The number of hydrogen-bond acceptors (Lipinski definition) is 6. The molecule has 6 heteroatoms. The van der Waals surface area contributed by atoms with Gasteiger partial charge in [0.2, 0.25) is 0 Å². The van der Waals surface area contributed by atoms with Gasteiger partial charge in [-0.05, 0) is 11.8 Å². The molecule has 0 N–H and O–H groups in total. The summed E-state index contributed by atoms with van der Waals surface area (Å²) in [6, 6.07) is 10.2. The van der Waals surface area contributed by atoms with E-state index in [1.807, 2.05) is 37.5 Å². The molecule has 2 aromatic heterocycles. The third kappa shape index (κ3) is 3.32. The van der Waals surface area contributed by atoms with Crippen LogP contribution in [0.15, 0.2) is 53.4 Å². The van der Waals surface area contributed by atoms with Crippen molar-refractivity contribution in [2.45, 2.75) is 13.5 Å². The van der Waals surface area contributed by atoms with Crippen LogP contribution in [0.1, 0.15) is 11.6 Å². The van der Waals surface area contributed by atoms with Gasteiger partial charge in [-0.1, -0.05) is 30.3 Å². The van der Waals surface area contributed by atoms with Crippen molar-refractivity contribution in [1.82, 2.24) is 19.9 Å². The molecule has 2 atom stereocenters. The predicted molar refractivity (Wildman–Crippen MR) is 103 cm³/mol. The minimum atomic E-state index is 0.689. The molecule has 0 radical (unpaired) electrons. The van der Waals surface area contributed by atoms with Crippen LogP contribution < -0.4 is 4.90 Å². The lowest BCUT2D eigenvalue weighted by Crippen LogP contribution is -2.29. The summed E-state index contributed by atoms with van der Waals surface area (Å²) in [6.07, 6.45) is 5.58. The molecule has 4 heterocycles. The van der Waals surface area contributed by atoms with E-state index in [1.165, 1.54) is 0 Å². The Labute approximate surface area is 158 Å². The Morgan fingerprint density at radius 3 is 2.41 bits per heavy atom. The summed E-state index contributed by atoms with van der Waals surface area (Å²) in [5, 5.41) is 0. The largest absolute Gasteiger partial charge is 0.449 e. The number of aryl methyl sites for hydroxylation is 1. The van der Waals surface area contributed by atoms with Gasteiger partial charge in [0.25, 0.3) is 0 Å². The number of anilines is 1. The molecule has 6 nitrogen and oxygen atoms in total. The molecular formula is C21H23N5O. The molecule has 2 saturated heterocycles. The Morgan fingerprint density at radius 1 is 1.00 bits per heavy atom. The second-order valence-electron chi connectivity index (χ2n) is 7.60. The maximum atomic E-state index is 5.32. The molecule has 0 saturated carbocycles. The molecule has 2 aliphatic rings. The minimum absolute atomic E-state index is 0.689. The average Bonchev–Trinajstić information content (AvgIpc) is 3.38. The Kier molecular flexibility index (Phi) is 4.13. The van der Waals surface area contributed by atoms with Crippen molar-refractivity contribution in [3.05, 3.63) is 60.6 Å². The second kappa shape index (κ2) is 6.78. The first-order valence-electron chi connectivity index (χ1n) is 9.50. The quantitative estimate of drug-likeness (QED) is 0.712. The van der Waals surface area contributed by atoms with E-state index in [-0.39, 0.29) is 0 Å². The van der Waals surface area contributed by atoms with E-state index < -0.39 is 0 Å². The number of likely N-dealkylation sites (tertiary alicyclic amines) is 1. The monoisotopic (exact) mass is 361 g/mol. The zero-order valence-electron chi connectivity index (χ0n) is 15.5. The fourth-order valence-electron chi connectivity index (χ4n) is 4.36. The van der Waals surface area contributed by atoms with Gasteiger partial charge < -0.3 is 9.32 Å². The predicted octanol–water partition coefficient (Wildman–Crippen LogP) is 3.01. The summed E-state index contributed by atoms with van der Waals surface area (Å²) in [5.74, 6) is 3.11. The van der Waals surface area contributed by atoms with Gasteiger partial charge in [-0.25, -0.2) is 9.97 Å². The molecule has 27 heavy (non-hydrogen) atoms. The maximum absolute atomic E-state index is 5.32. The number of aromatic nitrogens is 3. The number of rotatable bonds is 4. The smallest absolute Gasteiger partial charge is 0.191 e. The van der Waals surface area contributed by atoms with Crippen LogP contribution in [-0.2, 0) is 6.54 Å². The highest BCUT2D eigenvalue weighted by Gasteiger charge is 2.40. The number of benzene rings is 1. The molecule has 5 rings (SSSR count). The van der Waals surface area contributed by atoms with Crippen molar-refractivity contribution in [2.75, 3.05) is 31.1 Å². The highest BCUT2D eigenvalue weighted by molar-refractivity contribution is 5.58. The van der Waals surface area contributed by atoms with Gasteiger partial charge in [0, 0.05) is 45.2 Å². The Bertz CT molecular complexity index is 894. The van der Waals surface area contributed by atoms with Gasteiger partial charge in [0.1, 0.15) is 12.1 Å². The number of hydrogen-bond donors (Lipinski definition) is 0. The van der Waals surface area contributed by atoms with Crippen molar-refractivity contribution < 1.29 is 4.42 Å². The Balaban J connectivity index is 1.21. The van der Waals surface area contributed by atoms with Crippen molar-refractivity contribution in [3.63, 3.8) is 0 Å². The van der Waals surface area contributed by atoms with Crippen LogP contribution in [0.25, 0.3) is 11.3 Å². The van der Waals surface area contributed by atoms with Crippen LogP contribution in [-0.4, -0.2) is 46.0 Å². The number of oxazole rings is 1. The van der Waals surface area contributed by atoms with Crippen molar-refractivity contribution >= 4 is 5.82 Å². The molecule has 138 valence electrons. The van der Waals surface area contributed by atoms with Crippen LogP contribution in [0.2, 0.25) is 0 Å². The summed E-state index contributed by atoms with van der Waals surface area (Å²) in [5.41, 5.74) is 3.06. The van der Waals surface area contributed by atoms with E-state index in [0.717, 1.165) is 61.4 Å². The Hall–Kier alpha value is -2.73. The lowest BCUT2D eigenvalue weighted by molar-refractivity contribution is 0.305. The fraction of sp³-hybridized carbons (Fsp3) is 0.381. The third-order valence-electron chi connectivity index (χ3n) is 5.65. The highest BCUT2D eigenvalue weighted by atomic mass is 16.3. The molecule has 0 spiro atoms. The standard InChI is InChI=1S/C21H23N5O/c1-15-24-19(14-27-15)13-25-9-17-11-26(12-18(17)10-25)21-8-22-20(7-23-21)16-5-3-2-4-6-16/h2-8,14,17-18H,9-13H2,1H3. The van der Waals surface area contributed by atoms with Gasteiger partial charge in [-0.15, -0.1) is 0 Å². The minimum Gasteiger partial charge on any atom is -0.449 e. The normalized spacial score (nSPS) is 22.3. The first-order valence-corrected chi connectivity index (χ1v) is 9.50. The van der Waals surface area contributed by atoms with E-state index in [1.54, 1.807) is 6.26 Å². The zero-order valence-corrected chi connectivity index (χ0v) is 15.5. The third-order valence-corrected chi connectivity index (χ3v) is 5.65. The Morgan fingerprint density at radius 2 is 1.78 bits per heavy atom. The lowest BCUT2D eigenvalue weighted by Gasteiger charge is -2.21. The van der Waals surface area contributed by atoms with Crippen molar-refractivity contribution in [1.29, 1.82) is 0 Å². The molecule has 0 amide bonds. The first kappa shape index (κ1) is 16.4. The SMILES string of the molecule is Cc1nc(CN2CC3CN(c4cnc(-c5ccccc5)cn4)CC3C2)co1. The molecule has 3 aromatic rings. The molecule has 2 fully saturated rings. The maximum Gasteiger partial charge on any atom is 0.191 e. The molecule has 0 aliphatic carbocycles. The molecule has 0 bridgehead atoms. The highest BCUT2D eigenvalue weighted by Crippen LogP contribution is 2.34. The van der Waals surface area contributed by atoms with Gasteiger partial charge in [-0.2, -0.15) is 0 Å². The van der Waals surface area contributed by atoms with E-state index in [9.17, 15) is 0 Å². The average molecular weight is 361 g/mol. The van der Waals surface area contributed by atoms with Crippen LogP contribution in [0, 0.1) is 18.8 Å². The van der Waals surface area contributed by atoms with Gasteiger partial charge in [-0.3, -0.25) is 9.88 Å². The first-order chi connectivity index (χ1) is 13.2. The van der Waals surface area contributed by atoms with Crippen LogP contribution in [0.5, 0.6) is 0 Å². The molecule has 2 unspecified atom stereocenters.